The first-order valence-electron chi connectivity index (χ1n) is 9.40. The maximum atomic E-state index is 5.40. The quantitative estimate of drug-likeness (QED) is 0.815. The number of piperazine rings is 1. The van der Waals surface area contributed by atoms with E-state index in [1.165, 1.54) is 32.1 Å². The van der Waals surface area contributed by atoms with Crippen molar-refractivity contribution in [1.29, 1.82) is 0 Å². The molecular formula is C17H27N7O. The minimum absolute atomic E-state index is 0.471. The molecule has 4 rings (SSSR count). The van der Waals surface area contributed by atoms with Crippen LogP contribution in [0.15, 0.2) is 10.7 Å². The van der Waals surface area contributed by atoms with Crippen LogP contribution in [0.5, 0.6) is 0 Å². The SMILES string of the molecule is CN1CCN(Cc2noc(-c3cn(CC4CCCCC4)nn3)n2)CC1. The van der Waals surface area contributed by atoms with Crippen molar-refractivity contribution in [3.05, 3.63) is 12.0 Å². The molecule has 2 aromatic rings. The molecule has 2 aliphatic rings. The summed E-state index contributed by atoms with van der Waals surface area (Å²) in [4.78, 5) is 9.20. The summed E-state index contributed by atoms with van der Waals surface area (Å²) in [5.74, 6) is 1.92. The summed E-state index contributed by atoms with van der Waals surface area (Å²) in [6.45, 7) is 5.92. The molecular weight excluding hydrogens is 318 g/mol. The van der Waals surface area contributed by atoms with Gasteiger partial charge in [0.1, 0.15) is 0 Å². The lowest BCUT2D eigenvalue weighted by molar-refractivity contribution is 0.144. The molecule has 2 fully saturated rings. The van der Waals surface area contributed by atoms with Gasteiger partial charge in [0.2, 0.25) is 0 Å². The zero-order valence-electron chi connectivity index (χ0n) is 15.0. The molecule has 0 radical (unpaired) electrons. The molecule has 136 valence electrons. The molecule has 0 amide bonds. The van der Waals surface area contributed by atoms with E-state index in [-0.39, 0.29) is 0 Å². The van der Waals surface area contributed by atoms with E-state index in [1.807, 2.05) is 10.9 Å². The van der Waals surface area contributed by atoms with Gasteiger partial charge in [-0.2, -0.15) is 4.98 Å². The minimum Gasteiger partial charge on any atom is -0.332 e. The van der Waals surface area contributed by atoms with Crippen molar-refractivity contribution in [1.82, 2.24) is 34.9 Å². The first kappa shape index (κ1) is 16.7. The third-order valence-corrected chi connectivity index (χ3v) is 5.36. The van der Waals surface area contributed by atoms with Gasteiger partial charge in [-0.3, -0.25) is 9.58 Å². The van der Waals surface area contributed by atoms with Crippen molar-refractivity contribution in [2.45, 2.75) is 45.2 Å². The van der Waals surface area contributed by atoms with Gasteiger partial charge in [0, 0.05) is 32.7 Å². The van der Waals surface area contributed by atoms with E-state index < -0.39 is 0 Å². The maximum absolute atomic E-state index is 5.40. The molecule has 0 spiro atoms. The van der Waals surface area contributed by atoms with Crippen molar-refractivity contribution in [3.8, 4) is 11.6 Å². The van der Waals surface area contributed by atoms with Gasteiger partial charge in [-0.25, -0.2) is 0 Å². The van der Waals surface area contributed by atoms with Crippen LogP contribution in [0.4, 0.5) is 0 Å². The maximum Gasteiger partial charge on any atom is 0.280 e. The van der Waals surface area contributed by atoms with Crippen LogP contribution in [0.2, 0.25) is 0 Å². The molecule has 8 heteroatoms. The van der Waals surface area contributed by atoms with E-state index in [1.54, 1.807) is 0 Å². The number of likely N-dealkylation sites (N-methyl/N-ethyl adjacent to an activating group) is 1. The molecule has 0 atom stereocenters. The zero-order valence-corrected chi connectivity index (χ0v) is 15.0. The van der Waals surface area contributed by atoms with Gasteiger partial charge in [-0.05, 0) is 25.8 Å². The molecule has 1 aliphatic carbocycles. The molecule has 0 unspecified atom stereocenters. The van der Waals surface area contributed by atoms with Crippen LogP contribution in [0.1, 0.15) is 37.9 Å². The topological polar surface area (TPSA) is 76.1 Å². The number of hydrogen-bond donors (Lipinski definition) is 0. The molecule has 0 bridgehead atoms. The van der Waals surface area contributed by atoms with Crippen molar-refractivity contribution < 1.29 is 4.52 Å². The van der Waals surface area contributed by atoms with Crippen LogP contribution >= 0.6 is 0 Å². The van der Waals surface area contributed by atoms with Crippen LogP contribution in [0.25, 0.3) is 11.6 Å². The van der Waals surface area contributed by atoms with Crippen LogP contribution in [0.3, 0.4) is 0 Å². The summed E-state index contributed by atoms with van der Waals surface area (Å²) in [5, 5.41) is 12.6. The van der Waals surface area contributed by atoms with E-state index >= 15 is 0 Å². The second kappa shape index (κ2) is 7.61. The molecule has 0 aromatic carbocycles. The Balaban J connectivity index is 1.35. The Labute approximate surface area is 148 Å². The van der Waals surface area contributed by atoms with E-state index in [4.69, 9.17) is 4.52 Å². The summed E-state index contributed by atoms with van der Waals surface area (Å²) < 4.78 is 7.33. The Bertz CT molecular complexity index is 668. The van der Waals surface area contributed by atoms with E-state index in [9.17, 15) is 0 Å². The van der Waals surface area contributed by atoms with Crippen LogP contribution in [0, 0.1) is 5.92 Å². The lowest BCUT2D eigenvalue weighted by Crippen LogP contribution is -2.44. The van der Waals surface area contributed by atoms with E-state index in [2.05, 4.69) is 37.3 Å². The predicted molar refractivity (Wildman–Crippen MR) is 92.7 cm³/mol. The summed E-state index contributed by atoms with van der Waals surface area (Å²) in [6.07, 6.45) is 8.58. The van der Waals surface area contributed by atoms with Crippen molar-refractivity contribution >= 4 is 0 Å². The number of rotatable bonds is 5. The van der Waals surface area contributed by atoms with E-state index in [0.29, 0.717) is 11.6 Å². The second-order valence-corrected chi connectivity index (χ2v) is 7.43. The average Bonchev–Trinajstić information content (AvgIpc) is 3.27. The minimum atomic E-state index is 0.471. The van der Waals surface area contributed by atoms with E-state index in [0.717, 1.165) is 51.0 Å². The van der Waals surface area contributed by atoms with Gasteiger partial charge in [0.25, 0.3) is 5.89 Å². The van der Waals surface area contributed by atoms with Crippen molar-refractivity contribution in [2.75, 3.05) is 33.2 Å². The zero-order chi connectivity index (χ0) is 17.1. The fraction of sp³-hybridized carbons (Fsp3) is 0.765. The van der Waals surface area contributed by atoms with Crippen LogP contribution in [-0.4, -0.2) is 68.2 Å². The average molecular weight is 345 g/mol. The number of aromatic nitrogens is 5. The fourth-order valence-corrected chi connectivity index (χ4v) is 3.75. The molecule has 1 saturated carbocycles. The van der Waals surface area contributed by atoms with Gasteiger partial charge in [-0.15, -0.1) is 5.10 Å². The summed E-state index contributed by atoms with van der Waals surface area (Å²) in [5.41, 5.74) is 0.674. The lowest BCUT2D eigenvalue weighted by Gasteiger charge is -2.31. The van der Waals surface area contributed by atoms with Gasteiger partial charge in [-0.1, -0.05) is 29.6 Å². The van der Waals surface area contributed by atoms with Crippen molar-refractivity contribution in [2.24, 2.45) is 5.92 Å². The third-order valence-electron chi connectivity index (χ3n) is 5.36. The number of nitrogens with zero attached hydrogens (tertiary/aromatic N) is 7. The molecule has 1 saturated heterocycles. The summed E-state index contributed by atoms with van der Waals surface area (Å²) in [7, 11) is 2.15. The Morgan fingerprint density at radius 1 is 1.12 bits per heavy atom. The standard InChI is InChI=1S/C17H27N7O/c1-22-7-9-23(10-8-22)13-16-18-17(25-20-16)15-12-24(21-19-15)11-14-5-3-2-4-6-14/h12,14H,2-11,13H2,1H3. The Morgan fingerprint density at radius 2 is 1.92 bits per heavy atom. The van der Waals surface area contributed by atoms with Gasteiger partial charge < -0.3 is 9.42 Å². The third kappa shape index (κ3) is 4.24. The molecule has 8 nitrogen and oxygen atoms in total. The highest BCUT2D eigenvalue weighted by molar-refractivity contribution is 5.43. The first-order valence-corrected chi connectivity index (χ1v) is 9.40. The lowest BCUT2D eigenvalue weighted by atomic mass is 9.89. The predicted octanol–water partition coefficient (Wildman–Crippen LogP) is 1.66. The fourth-order valence-electron chi connectivity index (χ4n) is 3.75. The second-order valence-electron chi connectivity index (χ2n) is 7.43. The normalized spacial score (nSPS) is 21.0. The molecule has 25 heavy (non-hydrogen) atoms. The monoisotopic (exact) mass is 345 g/mol. The smallest absolute Gasteiger partial charge is 0.280 e. The molecule has 2 aromatic heterocycles. The van der Waals surface area contributed by atoms with Crippen LogP contribution in [-0.2, 0) is 13.1 Å². The highest BCUT2D eigenvalue weighted by Crippen LogP contribution is 2.25. The summed E-state index contributed by atoms with van der Waals surface area (Å²) in [6, 6.07) is 0. The van der Waals surface area contributed by atoms with Gasteiger partial charge in [0.15, 0.2) is 11.5 Å². The highest BCUT2D eigenvalue weighted by atomic mass is 16.5. The molecule has 0 N–H and O–H groups in total. The Hall–Kier alpha value is -1.80. The molecule has 1 aliphatic heterocycles. The van der Waals surface area contributed by atoms with Gasteiger partial charge in [0.05, 0.1) is 12.7 Å². The Morgan fingerprint density at radius 3 is 2.72 bits per heavy atom. The molecule has 3 heterocycles. The van der Waals surface area contributed by atoms with Crippen molar-refractivity contribution in [3.63, 3.8) is 0 Å². The largest absolute Gasteiger partial charge is 0.332 e. The summed E-state index contributed by atoms with van der Waals surface area (Å²) >= 11 is 0. The Kier molecular flexibility index (Phi) is 5.07. The highest BCUT2D eigenvalue weighted by Gasteiger charge is 2.19. The number of hydrogen-bond acceptors (Lipinski definition) is 7. The van der Waals surface area contributed by atoms with Gasteiger partial charge >= 0.3 is 0 Å². The van der Waals surface area contributed by atoms with Crippen LogP contribution < -0.4 is 0 Å². The first-order chi connectivity index (χ1) is 12.3.